The predicted molar refractivity (Wildman–Crippen MR) is 142 cm³/mol. The van der Waals surface area contributed by atoms with E-state index in [-0.39, 0.29) is 18.1 Å². The van der Waals surface area contributed by atoms with Gasteiger partial charge in [0.05, 0.1) is 30.4 Å². The van der Waals surface area contributed by atoms with Crippen LogP contribution in [0.2, 0.25) is 0 Å². The molecule has 0 aromatic heterocycles. The molecule has 3 N–H and O–H groups in total. The van der Waals surface area contributed by atoms with Crippen LogP contribution in [-0.2, 0) is 24.0 Å². The topological polar surface area (TPSA) is 153 Å². The van der Waals surface area contributed by atoms with Crippen molar-refractivity contribution in [3.8, 4) is 0 Å². The van der Waals surface area contributed by atoms with Gasteiger partial charge >= 0.3 is 5.97 Å². The standard InChI is InChI=1S/C28H26N4O7/c1-17(34)31-14-22(30-27(38)21-10-6-8-18-7-2-3-9-20(18)21)28(39)32(24-12-5-4-11-23(24)31)15-25(35)29-19(16-33)13-26(36)37/h2-12,16,19,22H,13-15H2,1H3,(H,29,35)(H,30,38)(H,36,37). The van der Waals surface area contributed by atoms with Gasteiger partial charge in [-0.15, -0.1) is 0 Å². The Balaban J connectivity index is 1.67. The van der Waals surface area contributed by atoms with Crippen molar-refractivity contribution in [1.82, 2.24) is 10.6 Å². The summed E-state index contributed by atoms with van der Waals surface area (Å²) in [5, 5.41) is 15.5. The van der Waals surface area contributed by atoms with E-state index in [0.717, 1.165) is 10.3 Å². The van der Waals surface area contributed by atoms with Crippen LogP contribution in [0, 0.1) is 0 Å². The smallest absolute Gasteiger partial charge is 0.305 e. The molecular formula is C28H26N4O7. The van der Waals surface area contributed by atoms with Gasteiger partial charge in [0.2, 0.25) is 11.8 Å². The number of hydrogen-bond donors (Lipinski definition) is 3. The Morgan fingerprint density at radius 2 is 1.67 bits per heavy atom. The average molecular weight is 531 g/mol. The Kier molecular flexibility index (Phi) is 7.99. The van der Waals surface area contributed by atoms with Crippen LogP contribution in [0.5, 0.6) is 0 Å². The molecule has 3 aromatic rings. The van der Waals surface area contributed by atoms with Crippen LogP contribution in [0.3, 0.4) is 0 Å². The summed E-state index contributed by atoms with van der Waals surface area (Å²) >= 11 is 0. The molecule has 0 radical (unpaired) electrons. The maximum Gasteiger partial charge on any atom is 0.305 e. The van der Waals surface area contributed by atoms with E-state index in [1.54, 1.807) is 48.5 Å². The Hall–Kier alpha value is -5.06. The number of aldehydes is 1. The molecule has 2 unspecified atom stereocenters. The first-order valence-corrected chi connectivity index (χ1v) is 12.1. The number of nitrogens with one attached hydrogen (secondary N) is 2. The highest BCUT2D eigenvalue weighted by Crippen LogP contribution is 2.33. The van der Waals surface area contributed by atoms with Crippen LogP contribution in [0.1, 0.15) is 23.7 Å². The van der Waals surface area contributed by atoms with Crippen molar-refractivity contribution in [2.45, 2.75) is 25.4 Å². The molecule has 11 nitrogen and oxygen atoms in total. The van der Waals surface area contributed by atoms with Gasteiger partial charge in [0.15, 0.2) is 0 Å². The molecule has 0 spiro atoms. The summed E-state index contributed by atoms with van der Waals surface area (Å²) in [6.45, 7) is 0.565. The number of carbonyl (C=O) groups excluding carboxylic acids is 5. The first-order chi connectivity index (χ1) is 18.7. The van der Waals surface area contributed by atoms with Crippen molar-refractivity contribution >= 4 is 58.0 Å². The van der Waals surface area contributed by atoms with Gasteiger partial charge in [0, 0.05) is 12.5 Å². The van der Waals surface area contributed by atoms with Crippen LogP contribution in [-0.4, -0.2) is 66.2 Å². The number of nitrogens with zero attached hydrogens (tertiary/aromatic N) is 2. The van der Waals surface area contributed by atoms with Gasteiger partial charge in [0.25, 0.3) is 11.8 Å². The summed E-state index contributed by atoms with van der Waals surface area (Å²) in [6, 6.07) is 16.4. The van der Waals surface area contributed by atoms with E-state index in [1.807, 2.05) is 18.2 Å². The third-order valence-electron chi connectivity index (χ3n) is 6.32. The second-order valence-electron chi connectivity index (χ2n) is 9.00. The molecule has 0 fully saturated rings. The first-order valence-electron chi connectivity index (χ1n) is 12.1. The normalized spacial score (nSPS) is 15.6. The number of aliphatic carboxylic acids is 1. The molecular weight excluding hydrogens is 504 g/mol. The number of amides is 4. The lowest BCUT2D eigenvalue weighted by Crippen LogP contribution is -2.54. The third kappa shape index (κ3) is 5.93. The van der Waals surface area contributed by atoms with Crippen LogP contribution >= 0.6 is 0 Å². The van der Waals surface area contributed by atoms with Gasteiger partial charge in [-0.3, -0.25) is 28.9 Å². The molecule has 2 atom stereocenters. The second kappa shape index (κ2) is 11.5. The zero-order chi connectivity index (χ0) is 28.1. The third-order valence-corrected chi connectivity index (χ3v) is 6.32. The van der Waals surface area contributed by atoms with E-state index in [2.05, 4.69) is 10.6 Å². The van der Waals surface area contributed by atoms with Gasteiger partial charge in [-0.1, -0.05) is 48.5 Å². The zero-order valence-corrected chi connectivity index (χ0v) is 21.0. The lowest BCUT2D eigenvalue weighted by molar-refractivity contribution is -0.139. The molecule has 11 heteroatoms. The van der Waals surface area contributed by atoms with Gasteiger partial charge in [-0.25, -0.2) is 0 Å². The molecule has 3 aromatic carbocycles. The number of anilines is 2. The number of benzene rings is 3. The average Bonchev–Trinajstić information content (AvgIpc) is 3.02. The van der Waals surface area contributed by atoms with E-state index >= 15 is 0 Å². The summed E-state index contributed by atoms with van der Waals surface area (Å²) in [7, 11) is 0. The molecule has 0 bridgehead atoms. The molecule has 0 saturated heterocycles. The number of carbonyl (C=O) groups is 6. The summed E-state index contributed by atoms with van der Waals surface area (Å²) < 4.78 is 0. The van der Waals surface area contributed by atoms with Crippen molar-refractivity contribution in [3.05, 3.63) is 72.3 Å². The van der Waals surface area contributed by atoms with Crippen molar-refractivity contribution in [2.24, 2.45) is 0 Å². The van der Waals surface area contributed by atoms with E-state index in [1.165, 1.54) is 11.8 Å². The fourth-order valence-corrected chi connectivity index (χ4v) is 4.53. The minimum Gasteiger partial charge on any atom is -0.481 e. The fraction of sp³-hybridized carbons (Fsp3) is 0.214. The highest BCUT2D eigenvalue weighted by Gasteiger charge is 2.37. The fourth-order valence-electron chi connectivity index (χ4n) is 4.53. The minimum absolute atomic E-state index is 0.185. The Labute approximate surface area is 223 Å². The van der Waals surface area contributed by atoms with Crippen LogP contribution in [0.15, 0.2) is 66.7 Å². The molecule has 4 rings (SSSR count). The van der Waals surface area contributed by atoms with Gasteiger partial charge in [0.1, 0.15) is 18.9 Å². The monoisotopic (exact) mass is 530 g/mol. The molecule has 4 amide bonds. The lowest BCUT2D eigenvalue weighted by Gasteiger charge is -2.25. The number of rotatable bonds is 8. The molecule has 1 aliphatic heterocycles. The second-order valence-corrected chi connectivity index (χ2v) is 9.00. The van der Waals surface area contributed by atoms with Crippen LogP contribution in [0.4, 0.5) is 11.4 Å². The molecule has 0 saturated carbocycles. The Morgan fingerprint density at radius 1 is 1.00 bits per heavy atom. The minimum atomic E-state index is -1.29. The SMILES string of the molecule is CC(=O)N1CC(NC(=O)c2cccc3ccccc23)C(=O)N(CC(=O)NC(C=O)CC(=O)O)c2ccccc21. The zero-order valence-electron chi connectivity index (χ0n) is 21.0. The predicted octanol–water partition coefficient (Wildman–Crippen LogP) is 1.50. The summed E-state index contributed by atoms with van der Waals surface area (Å²) in [6.07, 6.45) is -0.323. The maximum absolute atomic E-state index is 13.8. The molecule has 0 aliphatic carbocycles. The molecule has 1 heterocycles. The first kappa shape index (κ1) is 27.0. The van der Waals surface area contributed by atoms with Crippen molar-refractivity contribution < 1.29 is 33.9 Å². The van der Waals surface area contributed by atoms with Crippen LogP contribution in [0.25, 0.3) is 10.8 Å². The highest BCUT2D eigenvalue weighted by atomic mass is 16.4. The van der Waals surface area contributed by atoms with E-state index in [4.69, 9.17) is 5.11 Å². The molecule has 200 valence electrons. The number of hydrogen-bond acceptors (Lipinski definition) is 6. The van der Waals surface area contributed by atoms with E-state index in [9.17, 15) is 28.8 Å². The van der Waals surface area contributed by atoms with Gasteiger partial charge in [-0.2, -0.15) is 0 Å². The quantitative estimate of drug-likeness (QED) is 0.373. The van der Waals surface area contributed by atoms with Gasteiger partial charge < -0.3 is 25.4 Å². The maximum atomic E-state index is 13.8. The van der Waals surface area contributed by atoms with Crippen molar-refractivity contribution in [2.75, 3.05) is 22.9 Å². The summed E-state index contributed by atoms with van der Waals surface area (Å²) in [5.74, 6) is -3.64. The number of carboxylic acid groups (broad SMARTS) is 1. The number of fused-ring (bicyclic) bond motifs is 2. The Morgan fingerprint density at radius 3 is 2.36 bits per heavy atom. The van der Waals surface area contributed by atoms with E-state index in [0.29, 0.717) is 22.9 Å². The number of para-hydroxylation sites is 2. The van der Waals surface area contributed by atoms with Gasteiger partial charge in [-0.05, 0) is 29.0 Å². The lowest BCUT2D eigenvalue weighted by atomic mass is 10.0. The molecule has 39 heavy (non-hydrogen) atoms. The summed E-state index contributed by atoms with van der Waals surface area (Å²) in [4.78, 5) is 77.3. The number of carboxylic acids is 1. The highest BCUT2D eigenvalue weighted by molar-refractivity contribution is 6.12. The summed E-state index contributed by atoms with van der Waals surface area (Å²) in [5.41, 5.74) is 0.935. The Bertz CT molecular complexity index is 1470. The van der Waals surface area contributed by atoms with Crippen molar-refractivity contribution in [1.29, 1.82) is 0 Å². The largest absolute Gasteiger partial charge is 0.481 e. The van der Waals surface area contributed by atoms with E-state index < -0.39 is 48.7 Å². The molecule has 1 aliphatic rings. The van der Waals surface area contributed by atoms with Crippen LogP contribution < -0.4 is 20.4 Å². The van der Waals surface area contributed by atoms with Crippen molar-refractivity contribution in [3.63, 3.8) is 0 Å².